The van der Waals surface area contributed by atoms with Gasteiger partial charge in [0.05, 0.1) is 12.9 Å². The van der Waals surface area contributed by atoms with Gasteiger partial charge in [0.1, 0.15) is 6.04 Å². The second-order valence-electron chi connectivity index (χ2n) is 3.94. The molecule has 0 spiro atoms. The molecule has 7 nitrogen and oxygen atoms in total. The molecule has 1 unspecified atom stereocenters. The molecule has 0 fully saturated rings. The van der Waals surface area contributed by atoms with E-state index in [9.17, 15) is 9.59 Å². The molecule has 0 aromatic carbocycles. The number of carboxylic acids is 1. The number of carbonyl (C=O) groups excluding carboxylic acids is 1. The van der Waals surface area contributed by atoms with Gasteiger partial charge < -0.3 is 15.2 Å². The molecule has 1 aromatic heterocycles. The summed E-state index contributed by atoms with van der Waals surface area (Å²) in [6, 6.07) is -0.504. The number of ether oxygens (including phenoxy) is 1. The van der Waals surface area contributed by atoms with Gasteiger partial charge in [-0.05, 0) is 5.92 Å². The molecular weight excluding hydrogens is 290 g/mol. The van der Waals surface area contributed by atoms with Crippen LogP contribution in [0, 0.1) is 5.92 Å². The summed E-state index contributed by atoms with van der Waals surface area (Å²) in [5.74, 6) is -1.32. The number of anilines is 1. The normalized spacial score (nSPS) is 12.2. The maximum atomic E-state index is 11.6. The third kappa shape index (κ3) is 5.03. The van der Waals surface area contributed by atoms with Crippen molar-refractivity contribution in [1.29, 1.82) is 0 Å². The van der Waals surface area contributed by atoms with Crippen molar-refractivity contribution in [2.45, 2.75) is 24.2 Å². The maximum Gasteiger partial charge on any atom is 0.328 e. The van der Waals surface area contributed by atoms with E-state index in [4.69, 9.17) is 9.84 Å². The first-order chi connectivity index (χ1) is 8.93. The van der Waals surface area contributed by atoms with Gasteiger partial charge in [-0.3, -0.25) is 4.79 Å². The maximum absolute atomic E-state index is 11.6. The molecule has 1 heterocycles. The zero-order valence-corrected chi connectivity index (χ0v) is 12.4. The highest BCUT2D eigenvalue weighted by atomic mass is 32.2. The predicted molar refractivity (Wildman–Crippen MR) is 72.5 cm³/mol. The van der Waals surface area contributed by atoms with Crippen LogP contribution in [0.25, 0.3) is 0 Å². The third-order valence-corrected chi connectivity index (χ3v) is 4.10. The van der Waals surface area contributed by atoms with Gasteiger partial charge in [0.2, 0.25) is 5.13 Å². The number of thioether (sulfide) groups is 1. The molecule has 2 N–H and O–H groups in total. The van der Waals surface area contributed by atoms with Crippen LogP contribution >= 0.6 is 23.1 Å². The molecule has 0 saturated heterocycles. The average Bonchev–Trinajstić information content (AvgIpc) is 2.80. The monoisotopic (exact) mass is 305 g/mol. The summed E-state index contributed by atoms with van der Waals surface area (Å²) < 4.78 is 5.24. The average molecular weight is 305 g/mol. The van der Waals surface area contributed by atoms with E-state index in [2.05, 4.69) is 15.5 Å². The van der Waals surface area contributed by atoms with Gasteiger partial charge in [-0.15, -0.1) is 10.2 Å². The van der Waals surface area contributed by atoms with E-state index in [0.29, 0.717) is 9.47 Å². The fourth-order valence-corrected chi connectivity index (χ4v) is 2.72. The Labute approximate surface area is 118 Å². The first-order valence-corrected chi connectivity index (χ1v) is 7.26. The summed E-state index contributed by atoms with van der Waals surface area (Å²) >= 11 is 2.30. The molecule has 0 aliphatic carbocycles. The minimum Gasteiger partial charge on any atom is -0.481 e. The zero-order chi connectivity index (χ0) is 14.4. The smallest absolute Gasteiger partial charge is 0.328 e. The van der Waals surface area contributed by atoms with Crippen molar-refractivity contribution in [2.75, 3.05) is 18.2 Å². The molecule has 1 atom stereocenters. The van der Waals surface area contributed by atoms with Crippen molar-refractivity contribution in [2.24, 2.45) is 5.92 Å². The largest absolute Gasteiger partial charge is 0.481 e. The molecule has 0 amide bonds. The fraction of sp³-hybridized carbons (Fsp3) is 0.600. The Hall–Kier alpha value is -1.35. The number of aromatic nitrogens is 2. The minimum atomic E-state index is -0.913. The molecular formula is C10H15N3O4S2. The van der Waals surface area contributed by atoms with Crippen LogP contribution in [0.4, 0.5) is 5.13 Å². The molecule has 1 rings (SSSR count). The molecule has 19 heavy (non-hydrogen) atoms. The van der Waals surface area contributed by atoms with E-state index in [-0.39, 0.29) is 17.6 Å². The number of carbonyl (C=O) groups is 2. The van der Waals surface area contributed by atoms with E-state index in [0.717, 1.165) is 11.8 Å². The quantitative estimate of drug-likeness (QED) is 0.574. The molecule has 106 valence electrons. The second-order valence-corrected chi connectivity index (χ2v) is 6.14. The van der Waals surface area contributed by atoms with Gasteiger partial charge in [0.25, 0.3) is 0 Å². The standard InChI is InChI=1S/C10H15N3O4S2/c1-5(2)7(8(16)17-3)11-9-12-13-10(19-9)18-4-6(14)15/h5,7H,4H2,1-3H3,(H,11,12)(H,14,15). The lowest BCUT2D eigenvalue weighted by molar-refractivity contribution is -0.142. The SMILES string of the molecule is COC(=O)C(Nc1nnc(SCC(=O)O)s1)C(C)C. The lowest BCUT2D eigenvalue weighted by Crippen LogP contribution is -2.35. The van der Waals surface area contributed by atoms with Gasteiger partial charge in [-0.2, -0.15) is 0 Å². The molecule has 0 aliphatic rings. The summed E-state index contributed by atoms with van der Waals surface area (Å²) in [4.78, 5) is 22.0. The number of hydrogen-bond donors (Lipinski definition) is 2. The molecule has 0 radical (unpaired) electrons. The Morgan fingerprint density at radius 3 is 2.68 bits per heavy atom. The Kier molecular flexibility index (Phi) is 6.03. The van der Waals surface area contributed by atoms with Crippen molar-refractivity contribution in [3.8, 4) is 0 Å². The summed E-state index contributed by atoms with van der Waals surface area (Å²) in [5, 5.41) is 19.7. The van der Waals surface area contributed by atoms with Crippen LogP contribution in [0.15, 0.2) is 4.34 Å². The second kappa shape index (κ2) is 7.29. The topological polar surface area (TPSA) is 101 Å². The highest BCUT2D eigenvalue weighted by Crippen LogP contribution is 2.26. The third-order valence-electron chi connectivity index (χ3n) is 2.13. The van der Waals surface area contributed by atoms with Crippen LogP contribution in [0.1, 0.15) is 13.8 Å². The van der Waals surface area contributed by atoms with Crippen molar-refractivity contribution in [3.05, 3.63) is 0 Å². The van der Waals surface area contributed by atoms with Gasteiger partial charge in [0, 0.05) is 0 Å². The van der Waals surface area contributed by atoms with E-state index in [1.807, 2.05) is 13.8 Å². The van der Waals surface area contributed by atoms with Gasteiger partial charge in [-0.1, -0.05) is 36.9 Å². The van der Waals surface area contributed by atoms with Crippen molar-refractivity contribution < 1.29 is 19.4 Å². The number of rotatable bonds is 7. The number of hydrogen-bond acceptors (Lipinski definition) is 8. The van der Waals surface area contributed by atoms with Crippen LogP contribution in [-0.4, -0.2) is 46.1 Å². The Bertz CT molecular complexity index is 450. The summed E-state index contributed by atoms with van der Waals surface area (Å²) in [6.07, 6.45) is 0. The van der Waals surface area contributed by atoms with Crippen molar-refractivity contribution in [1.82, 2.24) is 10.2 Å². The summed E-state index contributed by atoms with van der Waals surface area (Å²) in [5.41, 5.74) is 0. The predicted octanol–water partition coefficient (Wildman–Crippen LogP) is 1.32. The molecule has 0 saturated carbocycles. The van der Waals surface area contributed by atoms with Crippen molar-refractivity contribution in [3.63, 3.8) is 0 Å². The minimum absolute atomic E-state index is 0.0338. The first kappa shape index (κ1) is 15.7. The fourth-order valence-electron chi connectivity index (χ4n) is 1.21. The Morgan fingerprint density at radius 1 is 1.47 bits per heavy atom. The molecule has 0 aliphatic heterocycles. The van der Waals surface area contributed by atoms with Gasteiger partial charge in [-0.25, -0.2) is 4.79 Å². The van der Waals surface area contributed by atoms with Crippen molar-refractivity contribution >= 4 is 40.2 Å². The number of carboxylic acid groups (broad SMARTS) is 1. The number of nitrogens with one attached hydrogen (secondary N) is 1. The van der Waals surface area contributed by atoms with Crippen LogP contribution in [0.3, 0.4) is 0 Å². The summed E-state index contributed by atoms with van der Waals surface area (Å²) in [7, 11) is 1.33. The zero-order valence-electron chi connectivity index (χ0n) is 10.7. The van der Waals surface area contributed by atoms with Gasteiger partial charge >= 0.3 is 11.9 Å². The molecule has 0 bridgehead atoms. The Balaban J connectivity index is 2.65. The Morgan fingerprint density at radius 2 is 2.16 bits per heavy atom. The highest BCUT2D eigenvalue weighted by molar-refractivity contribution is 8.01. The van der Waals surface area contributed by atoms with Crippen LogP contribution in [0.5, 0.6) is 0 Å². The molecule has 1 aromatic rings. The number of methoxy groups -OCH3 is 1. The first-order valence-electron chi connectivity index (χ1n) is 5.46. The van der Waals surface area contributed by atoms with E-state index in [1.54, 1.807) is 0 Å². The number of esters is 1. The number of aliphatic carboxylic acids is 1. The lowest BCUT2D eigenvalue weighted by Gasteiger charge is -2.18. The van der Waals surface area contributed by atoms with Crippen LogP contribution in [0.2, 0.25) is 0 Å². The highest BCUT2D eigenvalue weighted by Gasteiger charge is 2.24. The lowest BCUT2D eigenvalue weighted by atomic mass is 10.1. The van der Waals surface area contributed by atoms with Crippen LogP contribution < -0.4 is 5.32 Å². The van der Waals surface area contributed by atoms with E-state index < -0.39 is 12.0 Å². The molecule has 9 heteroatoms. The van der Waals surface area contributed by atoms with Gasteiger partial charge in [0.15, 0.2) is 4.34 Å². The van der Waals surface area contributed by atoms with E-state index >= 15 is 0 Å². The number of nitrogens with zero attached hydrogens (tertiary/aromatic N) is 2. The van der Waals surface area contributed by atoms with Crippen LogP contribution in [-0.2, 0) is 14.3 Å². The van der Waals surface area contributed by atoms with E-state index in [1.165, 1.54) is 18.4 Å². The summed E-state index contributed by atoms with van der Waals surface area (Å²) in [6.45, 7) is 3.77.